The minimum atomic E-state index is -4.69. The number of anilines is 1. The largest absolute Gasteiger partial charge is 0.416 e. The number of hydrogen-bond donors (Lipinski definition) is 1. The zero-order valence-corrected chi connectivity index (χ0v) is 21.0. The summed E-state index contributed by atoms with van der Waals surface area (Å²) in [6.45, 7) is 0.827. The van der Waals surface area contributed by atoms with Crippen molar-refractivity contribution in [2.75, 3.05) is 17.1 Å². The van der Waals surface area contributed by atoms with Crippen LogP contribution in [-0.2, 0) is 32.3 Å². The Morgan fingerprint density at radius 3 is 2.28 bits per heavy atom. The zero-order chi connectivity index (χ0) is 26.5. The zero-order valence-electron chi connectivity index (χ0n) is 20.2. The smallest absolute Gasteiger partial charge is 0.352 e. The second-order valence-corrected chi connectivity index (χ2v) is 10.9. The van der Waals surface area contributed by atoms with Crippen molar-refractivity contribution in [1.29, 1.82) is 0 Å². The van der Waals surface area contributed by atoms with Crippen molar-refractivity contribution in [2.24, 2.45) is 0 Å². The van der Waals surface area contributed by atoms with E-state index in [0.717, 1.165) is 49.6 Å². The molecular formula is C25H30F3N3O4S. The average Bonchev–Trinajstić information content (AvgIpc) is 3.33. The lowest BCUT2D eigenvalue weighted by Crippen LogP contribution is -2.52. The SMILES string of the molecule is C[C@H](C(=O)NC1CCCC1)N(Cc1ccccc1)C(=O)CN(c1cccc(C(F)(F)F)c1)S(C)(=O)=O. The first-order chi connectivity index (χ1) is 16.9. The highest BCUT2D eigenvalue weighted by atomic mass is 32.2. The molecule has 7 nitrogen and oxygen atoms in total. The number of sulfonamides is 1. The number of halogens is 3. The summed E-state index contributed by atoms with van der Waals surface area (Å²) < 4.78 is 65.4. The molecule has 11 heteroatoms. The molecule has 0 aliphatic heterocycles. The van der Waals surface area contributed by atoms with Gasteiger partial charge in [-0.3, -0.25) is 13.9 Å². The lowest BCUT2D eigenvalue weighted by Gasteiger charge is -2.32. The van der Waals surface area contributed by atoms with Crippen LogP contribution in [0.15, 0.2) is 54.6 Å². The van der Waals surface area contributed by atoms with E-state index in [-0.39, 0.29) is 24.2 Å². The predicted molar refractivity (Wildman–Crippen MR) is 130 cm³/mol. The predicted octanol–water partition coefficient (Wildman–Crippen LogP) is 3.95. The van der Waals surface area contributed by atoms with E-state index < -0.39 is 40.3 Å². The van der Waals surface area contributed by atoms with Crippen molar-refractivity contribution < 1.29 is 31.2 Å². The highest BCUT2D eigenvalue weighted by molar-refractivity contribution is 7.92. The molecule has 0 aromatic heterocycles. The molecule has 2 amide bonds. The minimum Gasteiger partial charge on any atom is -0.352 e. The Kier molecular flexibility index (Phi) is 8.65. The molecule has 1 aliphatic carbocycles. The quantitative estimate of drug-likeness (QED) is 0.537. The van der Waals surface area contributed by atoms with E-state index >= 15 is 0 Å². The number of alkyl halides is 3. The van der Waals surface area contributed by atoms with Crippen LogP contribution in [0, 0.1) is 0 Å². The molecule has 0 radical (unpaired) electrons. The van der Waals surface area contributed by atoms with Gasteiger partial charge in [-0.2, -0.15) is 13.2 Å². The summed E-state index contributed by atoms with van der Waals surface area (Å²) in [5.41, 5.74) is -0.605. The van der Waals surface area contributed by atoms with Gasteiger partial charge in [-0.25, -0.2) is 8.42 Å². The molecule has 1 saturated carbocycles. The van der Waals surface area contributed by atoms with Gasteiger partial charge in [0.05, 0.1) is 17.5 Å². The molecule has 1 N–H and O–H groups in total. The number of rotatable bonds is 9. The van der Waals surface area contributed by atoms with Crippen LogP contribution >= 0.6 is 0 Å². The van der Waals surface area contributed by atoms with E-state index in [2.05, 4.69) is 5.32 Å². The highest BCUT2D eigenvalue weighted by Crippen LogP contribution is 2.32. The molecule has 0 saturated heterocycles. The van der Waals surface area contributed by atoms with Gasteiger partial charge in [0, 0.05) is 12.6 Å². The van der Waals surface area contributed by atoms with Gasteiger partial charge in [0.15, 0.2) is 0 Å². The monoisotopic (exact) mass is 525 g/mol. The van der Waals surface area contributed by atoms with E-state index in [1.165, 1.54) is 11.0 Å². The van der Waals surface area contributed by atoms with Crippen LogP contribution in [0.3, 0.4) is 0 Å². The van der Waals surface area contributed by atoms with Crippen LogP contribution in [-0.4, -0.2) is 50.0 Å². The minimum absolute atomic E-state index is 0.0197. The van der Waals surface area contributed by atoms with E-state index in [0.29, 0.717) is 10.4 Å². The van der Waals surface area contributed by atoms with Gasteiger partial charge in [-0.15, -0.1) is 0 Å². The molecule has 1 fully saturated rings. The van der Waals surface area contributed by atoms with Crippen LogP contribution < -0.4 is 9.62 Å². The fourth-order valence-electron chi connectivity index (χ4n) is 4.21. The van der Waals surface area contributed by atoms with Crippen molar-refractivity contribution in [3.05, 3.63) is 65.7 Å². The summed E-state index contributed by atoms with van der Waals surface area (Å²) in [5, 5.41) is 2.95. The molecule has 1 atom stereocenters. The summed E-state index contributed by atoms with van der Waals surface area (Å²) in [6, 6.07) is 11.7. The van der Waals surface area contributed by atoms with E-state index in [1.807, 2.05) is 0 Å². The number of hydrogen-bond acceptors (Lipinski definition) is 4. The van der Waals surface area contributed by atoms with Gasteiger partial charge in [-0.05, 0) is 43.5 Å². The molecule has 0 heterocycles. The topological polar surface area (TPSA) is 86.8 Å². The fourth-order valence-corrected chi connectivity index (χ4v) is 5.05. The average molecular weight is 526 g/mol. The third-order valence-corrected chi connectivity index (χ3v) is 7.35. The lowest BCUT2D eigenvalue weighted by atomic mass is 10.1. The Morgan fingerprint density at radius 1 is 1.06 bits per heavy atom. The molecule has 2 aromatic rings. The molecule has 0 unspecified atom stereocenters. The van der Waals surface area contributed by atoms with Crippen molar-refractivity contribution in [2.45, 2.75) is 57.4 Å². The molecule has 0 spiro atoms. The van der Waals surface area contributed by atoms with Crippen LogP contribution in [0.25, 0.3) is 0 Å². The number of amides is 2. The van der Waals surface area contributed by atoms with Crippen LogP contribution in [0.1, 0.15) is 43.7 Å². The van der Waals surface area contributed by atoms with Crippen LogP contribution in [0.5, 0.6) is 0 Å². The molecule has 36 heavy (non-hydrogen) atoms. The summed E-state index contributed by atoms with van der Waals surface area (Å²) in [4.78, 5) is 27.7. The van der Waals surface area contributed by atoms with E-state index in [1.54, 1.807) is 37.3 Å². The van der Waals surface area contributed by atoms with Crippen LogP contribution in [0.4, 0.5) is 18.9 Å². The molecular weight excluding hydrogens is 495 g/mol. The number of nitrogens with zero attached hydrogens (tertiary/aromatic N) is 2. The second kappa shape index (κ2) is 11.3. The van der Waals surface area contributed by atoms with Crippen molar-refractivity contribution in [1.82, 2.24) is 10.2 Å². The first-order valence-electron chi connectivity index (χ1n) is 11.6. The van der Waals surface area contributed by atoms with E-state index in [4.69, 9.17) is 0 Å². The van der Waals surface area contributed by atoms with Crippen molar-refractivity contribution in [3.8, 4) is 0 Å². The maximum absolute atomic E-state index is 13.5. The standard InChI is InChI=1S/C25H30F3N3O4S/c1-18(24(33)29-21-12-6-7-13-21)30(16-19-9-4-3-5-10-19)23(32)17-31(36(2,34)35)22-14-8-11-20(15-22)25(26,27)28/h3-5,8-11,14-15,18,21H,6-7,12-13,16-17H2,1-2H3,(H,29,33)/t18-/m1/s1. The summed E-state index contributed by atoms with van der Waals surface area (Å²) in [7, 11) is -4.13. The van der Waals surface area contributed by atoms with Gasteiger partial charge < -0.3 is 10.2 Å². The molecule has 196 valence electrons. The molecule has 3 rings (SSSR count). The summed E-state index contributed by atoms with van der Waals surface area (Å²) in [5.74, 6) is -1.08. The van der Waals surface area contributed by atoms with Gasteiger partial charge in [0.25, 0.3) is 0 Å². The Labute approximate surface area is 209 Å². The number of carbonyl (C=O) groups is 2. The first kappa shape index (κ1) is 27.5. The number of nitrogens with one attached hydrogen (secondary N) is 1. The summed E-state index contributed by atoms with van der Waals surface area (Å²) in [6.07, 6.45) is -0.155. The Hall–Kier alpha value is -3.08. The van der Waals surface area contributed by atoms with Crippen molar-refractivity contribution >= 4 is 27.5 Å². The molecule has 0 bridgehead atoms. The molecule has 1 aliphatic rings. The number of benzene rings is 2. The summed E-state index contributed by atoms with van der Waals surface area (Å²) >= 11 is 0. The maximum atomic E-state index is 13.5. The van der Waals surface area contributed by atoms with E-state index in [9.17, 15) is 31.2 Å². The maximum Gasteiger partial charge on any atom is 0.416 e. The molecule has 2 aromatic carbocycles. The normalized spacial score (nSPS) is 15.4. The van der Waals surface area contributed by atoms with Gasteiger partial charge >= 0.3 is 6.18 Å². The third-order valence-electron chi connectivity index (χ3n) is 6.21. The highest BCUT2D eigenvalue weighted by Gasteiger charge is 2.34. The first-order valence-corrected chi connectivity index (χ1v) is 13.5. The lowest BCUT2D eigenvalue weighted by molar-refractivity contribution is -0.139. The Bertz CT molecular complexity index is 1170. The van der Waals surface area contributed by atoms with Crippen LogP contribution in [0.2, 0.25) is 0 Å². The number of carbonyl (C=O) groups excluding carboxylic acids is 2. The van der Waals surface area contributed by atoms with Gasteiger partial charge in [0.1, 0.15) is 12.6 Å². The second-order valence-electron chi connectivity index (χ2n) is 8.99. The Balaban J connectivity index is 1.89. The third kappa shape index (κ3) is 7.22. The Morgan fingerprint density at radius 2 is 1.69 bits per heavy atom. The van der Waals surface area contributed by atoms with Gasteiger partial charge in [-0.1, -0.05) is 49.2 Å². The fraction of sp³-hybridized carbons (Fsp3) is 0.440. The van der Waals surface area contributed by atoms with Crippen molar-refractivity contribution in [3.63, 3.8) is 0 Å². The van der Waals surface area contributed by atoms with Gasteiger partial charge in [0.2, 0.25) is 21.8 Å².